The number of aliphatic hydroxyl groups excluding tert-OH is 1. The third kappa shape index (κ3) is 2.09. The summed E-state index contributed by atoms with van der Waals surface area (Å²) >= 11 is 0. The first kappa shape index (κ1) is 11.9. The molecule has 0 unspecified atom stereocenters. The molecule has 1 fully saturated rings. The van der Waals surface area contributed by atoms with E-state index < -0.39 is 12.0 Å². The van der Waals surface area contributed by atoms with Crippen molar-refractivity contribution in [3.63, 3.8) is 0 Å². The van der Waals surface area contributed by atoms with E-state index in [0.717, 1.165) is 0 Å². The number of β-lactam (4-membered cyclic amide) rings is 1. The minimum Gasteiger partial charge on any atom is -0.393 e. The summed E-state index contributed by atoms with van der Waals surface area (Å²) in [4.78, 5) is 22.8. The molecule has 4 heteroatoms. The van der Waals surface area contributed by atoms with Crippen LogP contribution in [0.1, 0.15) is 20.8 Å². The molecule has 0 aromatic carbocycles. The Hall–Kier alpha value is -1.16. The second-order valence-corrected chi connectivity index (χ2v) is 4.23. The molecular formula is C11H17NO3. The number of hydrogen-bond donors (Lipinski definition) is 2. The highest BCUT2D eigenvalue weighted by molar-refractivity contribution is 5.98. The van der Waals surface area contributed by atoms with Gasteiger partial charge in [0.2, 0.25) is 5.91 Å². The molecule has 4 atom stereocenters. The maximum Gasteiger partial charge on any atom is 0.228 e. The van der Waals surface area contributed by atoms with Crippen LogP contribution in [0.25, 0.3) is 0 Å². The van der Waals surface area contributed by atoms with E-state index in [1.54, 1.807) is 20.8 Å². The molecule has 0 aliphatic carbocycles. The van der Waals surface area contributed by atoms with Gasteiger partial charge in [-0.1, -0.05) is 13.5 Å². The van der Waals surface area contributed by atoms with Crippen LogP contribution in [0, 0.1) is 11.8 Å². The van der Waals surface area contributed by atoms with Crippen molar-refractivity contribution in [1.82, 2.24) is 5.32 Å². The summed E-state index contributed by atoms with van der Waals surface area (Å²) in [7, 11) is 0. The average molecular weight is 211 g/mol. The standard InChI is InChI=1S/C11H17NO3/c1-5(2)10(14)6(3)9-8(7(4)13)11(15)12-9/h6-9,13H,1H2,2-4H3,(H,12,15)/t6-,7-,8-,9-/m1/s1. The Morgan fingerprint density at radius 1 is 1.53 bits per heavy atom. The van der Waals surface area contributed by atoms with Crippen LogP contribution in [-0.4, -0.2) is 28.9 Å². The number of nitrogens with one attached hydrogen (secondary N) is 1. The summed E-state index contributed by atoms with van der Waals surface area (Å²) in [6.45, 7) is 8.54. The van der Waals surface area contributed by atoms with Crippen molar-refractivity contribution < 1.29 is 14.7 Å². The molecule has 1 aliphatic heterocycles. The number of allylic oxidation sites excluding steroid dienone is 1. The van der Waals surface area contributed by atoms with Gasteiger partial charge in [-0.05, 0) is 19.4 Å². The van der Waals surface area contributed by atoms with Gasteiger partial charge < -0.3 is 10.4 Å². The molecule has 1 rings (SSSR count). The number of Topliss-reactive ketones (excluding diaryl/α,β-unsaturated/α-hetero) is 1. The topological polar surface area (TPSA) is 66.4 Å². The molecule has 0 bridgehead atoms. The fourth-order valence-corrected chi connectivity index (χ4v) is 1.92. The number of aliphatic hydroxyl groups is 1. The SMILES string of the molecule is C=C(C)C(=O)[C@H](C)[C@H]1NC(=O)[C@@H]1[C@@H](C)O. The van der Waals surface area contributed by atoms with Gasteiger partial charge in [-0.15, -0.1) is 0 Å². The molecule has 1 saturated heterocycles. The highest BCUT2D eigenvalue weighted by atomic mass is 16.3. The van der Waals surface area contributed by atoms with Crippen LogP contribution in [0.3, 0.4) is 0 Å². The zero-order valence-electron chi connectivity index (χ0n) is 9.28. The van der Waals surface area contributed by atoms with Gasteiger partial charge >= 0.3 is 0 Å². The molecule has 0 radical (unpaired) electrons. The lowest BCUT2D eigenvalue weighted by atomic mass is 9.76. The Kier molecular flexibility index (Phi) is 3.29. The zero-order chi connectivity index (χ0) is 11.7. The number of amides is 1. The molecule has 0 saturated carbocycles. The lowest BCUT2D eigenvalue weighted by molar-refractivity contribution is -0.144. The average Bonchev–Trinajstić information content (AvgIpc) is 2.10. The molecule has 0 aromatic rings. The summed E-state index contributed by atoms with van der Waals surface area (Å²) in [6, 6.07) is -0.262. The Bertz CT molecular complexity index is 309. The van der Waals surface area contributed by atoms with E-state index in [1.165, 1.54) is 0 Å². The van der Waals surface area contributed by atoms with Crippen molar-refractivity contribution in [3.05, 3.63) is 12.2 Å². The number of carbonyl (C=O) groups excluding carboxylic acids is 2. The summed E-state index contributed by atoms with van der Waals surface area (Å²) in [6.07, 6.45) is -0.718. The predicted molar refractivity (Wildman–Crippen MR) is 56.1 cm³/mol. The Balaban J connectivity index is 2.70. The quantitative estimate of drug-likeness (QED) is 0.518. The van der Waals surface area contributed by atoms with E-state index in [9.17, 15) is 14.7 Å². The van der Waals surface area contributed by atoms with Crippen molar-refractivity contribution in [1.29, 1.82) is 0 Å². The van der Waals surface area contributed by atoms with Crippen molar-refractivity contribution >= 4 is 11.7 Å². The molecule has 1 amide bonds. The normalized spacial score (nSPS) is 28.7. The summed E-state index contributed by atoms with van der Waals surface area (Å²) in [5, 5.41) is 12.0. The number of rotatable bonds is 4. The van der Waals surface area contributed by atoms with Crippen molar-refractivity contribution in [2.45, 2.75) is 32.9 Å². The minimum atomic E-state index is -0.718. The maximum absolute atomic E-state index is 11.6. The highest BCUT2D eigenvalue weighted by Gasteiger charge is 2.46. The molecular weight excluding hydrogens is 194 g/mol. The fraction of sp³-hybridized carbons (Fsp3) is 0.636. The molecule has 1 heterocycles. The van der Waals surface area contributed by atoms with Crippen molar-refractivity contribution in [3.8, 4) is 0 Å². The molecule has 2 N–H and O–H groups in total. The summed E-state index contributed by atoms with van der Waals surface area (Å²) < 4.78 is 0. The van der Waals surface area contributed by atoms with Gasteiger partial charge in [0.15, 0.2) is 5.78 Å². The Labute approximate surface area is 89.4 Å². The first-order valence-electron chi connectivity index (χ1n) is 5.04. The third-order valence-corrected chi connectivity index (χ3v) is 2.89. The first-order valence-corrected chi connectivity index (χ1v) is 5.04. The smallest absolute Gasteiger partial charge is 0.228 e. The van der Waals surface area contributed by atoms with Crippen LogP contribution in [0.5, 0.6) is 0 Å². The molecule has 1 aliphatic rings. The first-order chi connectivity index (χ1) is 6.86. The van der Waals surface area contributed by atoms with E-state index in [1.807, 2.05) is 0 Å². The van der Waals surface area contributed by atoms with Crippen LogP contribution in [0.15, 0.2) is 12.2 Å². The van der Waals surface area contributed by atoms with Gasteiger partial charge in [0.05, 0.1) is 18.1 Å². The fourth-order valence-electron chi connectivity index (χ4n) is 1.92. The van der Waals surface area contributed by atoms with E-state index in [2.05, 4.69) is 11.9 Å². The predicted octanol–water partition coefficient (Wildman–Crippen LogP) is 0.263. The molecule has 15 heavy (non-hydrogen) atoms. The monoisotopic (exact) mass is 211 g/mol. The zero-order valence-corrected chi connectivity index (χ0v) is 9.28. The number of ketones is 1. The lowest BCUT2D eigenvalue weighted by Gasteiger charge is -2.41. The van der Waals surface area contributed by atoms with Gasteiger partial charge in [-0.3, -0.25) is 9.59 Å². The largest absolute Gasteiger partial charge is 0.393 e. The van der Waals surface area contributed by atoms with E-state index >= 15 is 0 Å². The number of hydrogen-bond acceptors (Lipinski definition) is 3. The molecule has 84 valence electrons. The molecule has 0 aromatic heterocycles. The van der Waals surface area contributed by atoms with Crippen LogP contribution >= 0.6 is 0 Å². The van der Waals surface area contributed by atoms with E-state index in [-0.39, 0.29) is 23.7 Å². The van der Waals surface area contributed by atoms with Gasteiger partial charge in [-0.2, -0.15) is 0 Å². The van der Waals surface area contributed by atoms with Crippen LogP contribution in [0.4, 0.5) is 0 Å². The maximum atomic E-state index is 11.6. The van der Waals surface area contributed by atoms with Crippen LogP contribution < -0.4 is 5.32 Å². The molecule has 4 nitrogen and oxygen atoms in total. The summed E-state index contributed by atoms with van der Waals surface area (Å²) in [5.41, 5.74) is 0.480. The van der Waals surface area contributed by atoms with Gasteiger partial charge in [-0.25, -0.2) is 0 Å². The summed E-state index contributed by atoms with van der Waals surface area (Å²) in [5.74, 6) is -1.04. The van der Waals surface area contributed by atoms with E-state index in [0.29, 0.717) is 5.57 Å². The number of carbonyl (C=O) groups is 2. The van der Waals surface area contributed by atoms with E-state index in [4.69, 9.17) is 0 Å². The van der Waals surface area contributed by atoms with Crippen LogP contribution in [0.2, 0.25) is 0 Å². The minimum absolute atomic E-state index is 0.0642. The van der Waals surface area contributed by atoms with Crippen molar-refractivity contribution in [2.75, 3.05) is 0 Å². The Morgan fingerprint density at radius 3 is 2.40 bits per heavy atom. The highest BCUT2D eigenvalue weighted by Crippen LogP contribution is 2.27. The van der Waals surface area contributed by atoms with Crippen LogP contribution in [-0.2, 0) is 9.59 Å². The second-order valence-electron chi connectivity index (χ2n) is 4.23. The second kappa shape index (κ2) is 4.14. The van der Waals surface area contributed by atoms with Gasteiger partial charge in [0.25, 0.3) is 0 Å². The Morgan fingerprint density at radius 2 is 2.07 bits per heavy atom. The van der Waals surface area contributed by atoms with Crippen molar-refractivity contribution in [2.24, 2.45) is 11.8 Å². The van der Waals surface area contributed by atoms with Gasteiger partial charge in [0, 0.05) is 5.92 Å². The van der Waals surface area contributed by atoms with Gasteiger partial charge in [0.1, 0.15) is 0 Å². The third-order valence-electron chi connectivity index (χ3n) is 2.89. The molecule has 0 spiro atoms. The lowest BCUT2D eigenvalue weighted by Crippen LogP contribution is -2.65.